The number of hydrogen-bond acceptors (Lipinski definition) is 5. The minimum absolute atomic E-state index is 0.140. The molecule has 0 aliphatic rings. The molecule has 150 valence electrons. The number of ether oxygens (including phenoxy) is 1. The molecular weight excluding hydrogens is 388 g/mol. The van der Waals surface area contributed by atoms with Gasteiger partial charge in [0.15, 0.2) is 11.5 Å². The Bertz CT molecular complexity index is 1300. The topological polar surface area (TPSA) is 86.1 Å². The molecule has 29 heavy (non-hydrogen) atoms. The van der Waals surface area contributed by atoms with Crippen LogP contribution in [-0.2, 0) is 16.6 Å². The maximum absolute atomic E-state index is 12.9. The van der Waals surface area contributed by atoms with E-state index in [0.29, 0.717) is 23.3 Å². The van der Waals surface area contributed by atoms with Crippen molar-refractivity contribution >= 4 is 37.8 Å². The molecule has 0 bridgehead atoms. The number of methoxy groups -OCH3 is 1. The molecule has 0 saturated carbocycles. The molecule has 1 N–H and O–H groups in total. The number of hydrogen-bond donors (Lipinski definition) is 1. The fourth-order valence-corrected chi connectivity index (χ4v) is 4.28. The van der Waals surface area contributed by atoms with Crippen LogP contribution in [-0.4, -0.2) is 30.3 Å². The fraction of sp³-hybridized carbons (Fsp3) is 0.238. The number of rotatable bonds is 6. The highest BCUT2D eigenvalue weighted by atomic mass is 32.2. The number of nitrogens with one attached hydrogen (secondary N) is 1. The van der Waals surface area contributed by atoms with Crippen molar-refractivity contribution in [1.29, 1.82) is 0 Å². The summed E-state index contributed by atoms with van der Waals surface area (Å²) in [6.07, 6.45) is 0.856. The van der Waals surface area contributed by atoms with Crippen molar-refractivity contribution in [3.63, 3.8) is 0 Å². The Morgan fingerprint density at radius 1 is 1.10 bits per heavy atom. The van der Waals surface area contributed by atoms with E-state index in [2.05, 4.69) is 9.82 Å². The third-order valence-electron chi connectivity index (χ3n) is 4.71. The number of benzene rings is 2. The molecule has 0 atom stereocenters. The minimum Gasteiger partial charge on any atom is -0.497 e. The molecule has 0 radical (unpaired) electrons. The highest BCUT2D eigenvalue weighted by Gasteiger charge is 2.20. The summed E-state index contributed by atoms with van der Waals surface area (Å²) in [4.78, 5) is 4.87. The average molecular weight is 410 g/mol. The third-order valence-corrected chi connectivity index (χ3v) is 6.06. The van der Waals surface area contributed by atoms with Gasteiger partial charge in [-0.1, -0.05) is 18.6 Å². The molecule has 0 aliphatic carbocycles. The van der Waals surface area contributed by atoms with Crippen molar-refractivity contribution in [3.05, 3.63) is 54.1 Å². The summed E-state index contributed by atoms with van der Waals surface area (Å²) in [5.41, 5.74) is 2.63. The Kier molecular flexibility index (Phi) is 4.87. The van der Waals surface area contributed by atoms with Crippen LogP contribution in [0.3, 0.4) is 0 Å². The average Bonchev–Trinajstić information content (AvgIpc) is 3.02. The van der Waals surface area contributed by atoms with Crippen LogP contribution in [0.1, 0.15) is 18.9 Å². The first-order valence-electron chi connectivity index (χ1n) is 9.36. The van der Waals surface area contributed by atoms with Crippen LogP contribution < -0.4 is 9.46 Å². The number of sulfonamides is 1. The summed E-state index contributed by atoms with van der Waals surface area (Å²) >= 11 is 0. The van der Waals surface area contributed by atoms with Gasteiger partial charge in [0.1, 0.15) is 5.75 Å². The van der Waals surface area contributed by atoms with Crippen LogP contribution in [0.4, 0.5) is 5.82 Å². The van der Waals surface area contributed by atoms with Gasteiger partial charge in [-0.05, 0) is 55.8 Å². The van der Waals surface area contributed by atoms with Crippen LogP contribution in [0.15, 0.2) is 53.4 Å². The van der Waals surface area contributed by atoms with E-state index in [0.717, 1.165) is 22.9 Å². The summed E-state index contributed by atoms with van der Waals surface area (Å²) in [6.45, 7) is 4.70. The lowest BCUT2D eigenvalue weighted by atomic mass is 10.1. The van der Waals surface area contributed by atoms with Gasteiger partial charge in [-0.2, -0.15) is 5.10 Å². The fourth-order valence-electron chi connectivity index (χ4n) is 3.26. The summed E-state index contributed by atoms with van der Waals surface area (Å²) < 4.78 is 35.3. The summed E-state index contributed by atoms with van der Waals surface area (Å²) in [5.74, 6) is 0.868. The van der Waals surface area contributed by atoms with Gasteiger partial charge in [0.05, 0.1) is 22.9 Å². The van der Waals surface area contributed by atoms with Gasteiger partial charge in [0, 0.05) is 11.9 Å². The van der Waals surface area contributed by atoms with Crippen LogP contribution in [0, 0.1) is 6.92 Å². The zero-order chi connectivity index (χ0) is 20.6. The Morgan fingerprint density at radius 2 is 1.86 bits per heavy atom. The van der Waals surface area contributed by atoms with E-state index in [9.17, 15) is 8.42 Å². The second-order valence-corrected chi connectivity index (χ2v) is 8.59. The highest BCUT2D eigenvalue weighted by molar-refractivity contribution is 7.92. The SMILES string of the molecule is CCCn1nc(NS(=O)(=O)c2ccc(OC)cc2)c2cc3cc(C)ccc3nc21. The number of aromatic nitrogens is 3. The molecule has 2 aromatic heterocycles. The Labute approximate surface area is 169 Å². The molecule has 0 spiro atoms. The second kappa shape index (κ2) is 7.36. The van der Waals surface area contributed by atoms with Crippen molar-refractivity contribution < 1.29 is 13.2 Å². The molecule has 4 aromatic rings. The van der Waals surface area contributed by atoms with E-state index >= 15 is 0 Å². The van der Waals surface area contributed by atoms with Crippen molar-refractivity contribution in [3.8, 4) is 5.75 Å². The number of fused-ring (bicyclic) bond motifs is 2. The van der Waals surface area contributed by atoms with Crippen LogP contribution >= 0.6 is 0 Å². The van der Waals surface area contributed by atoms with Gasteiger partial charge in [0.25, 0.3) is 10.0 Å². The summed E-state index contributed by atoms with van der Waals surface area (Å²) in [6, 6.07) is 14.2. The first-order chi connectivity index (χ1) is 13.9. The maximum atomic E-state index is 12.9. The van der Waals surface area contributed by atoms with Crippen molar-refractivity contribution in [2.75, 3.05) is 11.8 Å². The Morgan fingerprint density at radius 3 is 2.55 bits per heavy atom. The number of nitrogens with zero attached hydrogens (tertiary/aromatic N) is 3. The minimum atomic E-state index is -3.80. The molecule has 0 unspecified atom stereocenters. The highest BCUT2D eigenvalue weighted by Crippen LogP contribution is 2.28. The standard InChI is InChI=1S/C21H22N4O3S/c1-4-11-25-21-18(13-15-12-14(2)5-10-19(15)22-21)20(23-25)24-29(26,27)17-8-6-16(28-3)7-9-17/h5-10,12-13H,4,11H2,1-3H3,(H,23,24). The number of pyridine rings is 1. The van der Waals surface area contributed by atoms with Gasteiger partial charge in [0.2, 0.25) is 0 Å². The van der Waals surface area contributed by atoms with E-state index in [1.165, 1.54) is 19.2 Å². The second-order valence-electron chi connectivity index (χ2n) is 6.91. The molecule has 0 aliphatic heterocycles. The maximum Gasteiger partial charge on any atom is 0.263 e. The van der Waals surface area contributed by atoms with Crippen molar-refractivity contribution in [2.24, 2.45) is 0 Å². The van der Waals surface area contributed by atoms with Crippen LogP contribution in [0.2, 0.25) is 0 Å². The number of anilines is 1. The van der Waals surface area contributed by atoms with Gasteiger partial charge in [-0.25, -0.2) is 18.1 Å². The lowest BCUT2D eigenvalue weighted by Crippen LogP contribution is -2.14. The largest absolute Gasteiger partial charge is 0.497 e. The lowest BCUT2D eigenvalue weighted by molar-refractivity contribution is 0.414. The van der Waals surface area contributed by atoms with E-state index in [1.54, 1.807) is 16.8 Å². The first-order valence-corrected chi connectivity index (χ1v) is 10.8. The van der Waals surface area contributed by atoms with Gasteiger partial charge >= 0.3 is 0 Å². The van der Waals surface area contributed by atoms with Crippen molar-refractivity contribution in [2.45, 2.75) is 31.7 Å². The molecule has 7 nitrogen and oxygen atoms in total. The van der Waals surface area contributed by atoms with Gasteiger partial charge in [-0.15, -0.1) is 0 Å². The zero-order valence-corrected chi connectivity index (χ0v) is 17.3. The molecular formula is C21H22N4O3S. The van der Waals surface area contributed by atoms with E-state index in [-0.39, 0.29) is 10.7 Å². The van der Waals surface area contributed by atoms with E-state index in [4.69, 9.17) is 9.72 Å². The van der Waals surface area contributed by atoms with E-state index < -0.39 is 10.0 Å². The lowest BCUT2D eigenvalue weighted by Gasteiger charge is -2.07. The molecule has 0 amide bonds. The third kappa shape index (κ3) is 3.63. The predicted octanol–water partition coefficient (Wildman–Crippen LogP) is 4.11. The Balaban J connectivity index is 1.83. The summed E-state index contributed by atoms with van der Waals surface area (Å²) in [5, 5.41) is 6.13. The molecule has 2 heterocycles. The van der Waals surface area contributed by atoms with Gasteiger partial charge < -0.3 is 4.74 Å². The zero-order valence-electron chi connectivity index (χ0n) is 16.5. The normalized spacial score (nSPS) is 11.8. The first kappa shape index (κ1) is 19.2. The Hall–Kier alpha value is -3.13. The molecule has 2 aromatic carbocycles. The van der Waals surface area contributed by atoms with Crippen molar-refractivity contribution in [1.82, 2.24) is 14.8 Å². The predicted molar refractivity (Wildman–Crippen MR) is 114 cm³/mol. The van der Waals surface area contributed by atoms with Crippen LogP contribution in [0.25, 0.3) is 21.9 Å². The smallest absolute Gasteiger partial charge is 0.263 e. The molecule has 8 heteroatoms. The molecule has 0 fully saturated rings. The van der Waals surface area contributed by atoms with Crippen LogP contribution in [0.5, 0.6) is 5.75 Å². The molecule has 4 rings (SSSR count). The van der Waals surface area contributed by atoms with Gasteiger partial charge in [-0.3, -0.25) is 4.72 Å². The summed E-state index contributed by atoms with van der Waals surface area (Å²) in [7, 11) is -2.27. The van der Waals surface area contributed by atoms with E-state index in [1.807, 2.05) is 38.1 Å². The molecule has 0 saturated heterocycles. The monoisotopic (exact) mass is 410 g/mol. The number of aryl methyl sites for hydroxylation is 2. The quantitative estimate of drug-likeness (QED) is 0.517.